The Hall–Kier alpha value is -0.410. The van der Waals surface area contributed by atoms with Crippen LogP contribution < -0.4 is 5.32 Å². The van der Waals surface area contributed by atoms with Crippen LogP contribution in [0.3, 0.4) is 0 Å². The van der Waals surface area contributed by atoms with E-state index in [1.807, 2.05) is 6.07 Å². The highest BCUT2D eigenvalue weighted by Crippen LogP contribution is 2.31. The molecule has 0 spiro atoms. The normalized spacial score (nSPS) is 17.8. The third kappa shape index (κ3) is 4.03. The van der Waals surface area contributed by atoms with E-state index in [2.05, 4.69) is 28.2 Å². The second kappa shape index (κ2) is 7.39. The molecule has 0 amide bonds. The fraction of sp³-hybridized carbons (Fsp3) is 0.625. The predicted molar refractivity (Wildman–Crippen MR) is 81.8 cm³/mol. The number of nitrogens with one attached hydrogen (secondary N) is 1. The van der Waals surface area contributed by atoms with Gasteiger partial charge in [-0.2, -0.15) is 0 Å². The van der Waals surface area contributed by atoms with E-state index >= 15 is 0 Å². The molecule has 0 aromatic heterocycles. The first kappa shape index (κ1) is 15.0. The van der Waals surface area contributed by atoms with Crippen molar-refractivity contribution in [3.05, 3.63) is 34.1 Å². The largest absolute Gasteiger partial charge is 0.313 e. The van der Waals surface area contributed by atoms with Crippen LogP contribution in [0.4, 0.5) is 4.39 Å². The Morgan fingerprint density at radius 2 is 2.11 bits per heavy atom. The molecular weight excluding hydrogens is 305 g/mol. The Bertz CT molecular complexity index is 402. The SMILES string of the molecule is CCCNC(Cc1cccc(F)c1Br)C1CCCC1. The van der Waals surface area contributed by atoms with Crippen molar-refractivity contribution in [3.8, 4) is 0 Å². The first-order valence-corrected chi connectivity index (χ1v) is 8.18. The molecule has 1 nitrogen and oxygen atoms in total. The second-order valence-corrected chi connectivity index (χ2v) is 6.32. The molecule has 106 valence electrons. The average molecular weight is 328 g/mol. The summed E-state index contributed by atoms with van der Waals surface area (Å²) in [5, 5.41) is 3.66. The molecule has 1 fully saturated rings. The number of hydrogen-bond acceptors (Lipinski definition) is 1. The standard InChI is InChI=1S/C16H23BrFN/c1-2-10-19-15(12-6-3-4-7-12)11-13-8-5-9-14(18)16(13)17/h5,8-9,12,15,19H,2-4,6-7,10-11H2,1H3. The van der Waals surface area contributed by atoms with Crippen LogP contribution in [0.1, 0.15) is 44.6 Å². The van der Waals surface area contributed by atoms with Gasteiger partial charge < -0.3 is 5.32 Å². The van der Waals surface area contributed by atoms with Crippen LogP contribution in [0, 0.1) is 11.7 Å². The van der Waals surface area contributed by atoms with Crippen molar-refractivity contribution in [2.75, 3.05) is 6.54 Å². The Labute approximate surface area is 124 Å². The van der Waals surface area contributed by atoms with Gasteiger partial charge in [-0.1, -0.05) is 31.9 Å². The summed E-state index contributed by atoms with van der Waals surface area (Å²) in [5.74, 6) is 0.597. The Balaban J connectivity index is 2.07. The van der Waals surface area contributed by atoms with Gasteiger partial charge in [0.1, 0.15) is 5.82 Å². The van der Waals surface area contributed by atoms with E-state index < -0.39 is 0 Å². The fourth-order valence-corrected chi connectivity index (χ4v) is 3.46. The van der Waals surface area contributed by atoms with Crippen molar-refractivity contribution in [2.45, 2.75) is 51.5 Å². The van der Waals surface area contributed by atoms with Gasteiger partial charge in [0.2, 0.25) is 0 Å². The summed E-state index contributed by atoms with van der Waals surface area (Å²) in [6.07, 6.45) is 7.39. The minimum atomic E-state index is -0.154. The van der Waals surface area contributed by atoms with Crippen molar-refractivity contribution < 1.29 is 4.39 Å². The topological polar surface area (TPSA) is 12.0 Å². The van der Waals surface area contributed by atoms with Gasteiger partial charge in [0.05, 0.1) is 4.47 Å². The van der Waals surface area contributed by atoms with E-state index in [0.717, 1.165) is 30.9 Å². The smallest absolute Gasteiger partial charge is 0.137 e. The molecule has 0 saturated heterocycles. The molecule has 0 radical (unpaired) electrons. The molecule has 1 aromatic carbocycles. The van der Waals surface area contributed by atoms with Gasteiger partial charge >= 0.3 is 0 Å². The number of hydrogen-bond donors (Lipinski definition) is 1. The number of benzene rings is 1. The summed E-state index contributed by atoms with van der Waals surface area (Å²) in [6, 6.07) is 5.84. The molecule has 1 aliphatic rings. The molecule has 1 aromatic rings. The monoisotopic (exact) mass is 327 g/mol. The van der Waals surface area contributed by atoms with Crippen LogP contribution >= 0.6 is 15.9 Å². The van der Waals surface area contributed by atoms with Crippen LogP contribution in [-0.2, 0) is 6.42 Å². The van der Waals surface area contributed by atoms with E-state index in [9.17, 15) is 4.39 Å². The van der Waals surface area contributed by atoms with E-state index in [1.165, 1.54) is 31.7 Å². The van der Waals surface area contributed by atoms with Crippen molar-refractivity contribution in [3.63, 3.8) is 0 Å². The van der Waals surface area contributed by atoms with Gasteiger partial charge in [-0.25, -0.2) is 4.39 Å². The van der Waals surface area contributed by atoms with Crippen molar-refractivity contribution in [1.82, 2.24) is 5.32 Å². The minimum absolute atomic E-state index is 0.154. The maximum absolute atomic E-state index is 13.6. The molecule has 1 aliphatic carbocycles. The first-order valence-electron chi connectivity index (χ1n) is 7.38. The van der Waals surface area contributed by atoms with Crippen LogP contribution in [0.2, 0.25) is 0 Å². The number of halogens is 2. The maximum Gasteiger partial charge on any atom is 0.137 e. The lowest BCUT2D eigenvalue weighted by molar-refractivity contribution is 0.356. The van der Waals surface area contributed by atoms with Crippen LogP contribution in [0.15, 0.2) is 22.7 Å². The molecule has 1 N–H and O–H groups in total. The third-order valence-electron chi connectivity index (χ3n) is 4.10. The zero-order valence-electron chi connectivity index (χ0n) is 11.6. The van der Waals surface area contributed by atoms with Crippen molar-refractivity contribution >= 4 is 15.9 Å². The molecule has 1 atom stereocenters. The highest BCUT2D eigenvalue weighted by molar-refractivity contribution is 9.10. The maximum atomic E-state index is 13.6. The van der Waals surface area contributed by atoms with Gasteiger partial charge in [0.25, 0.3) is 0 Å². The van der Waals surface area contributed by atoms with Crippen molar-refractivity contribution in [2.24, 2.45) is 5.92 Å². The van der Waals surface area contributed by atoms with E-state index in [0.29, 0.717) is 10.5 Å². The van der Waals surface area contributed by atoms with Crippen LogP contribution in [0.5, 0.6) is 0 Å². The first-order chi connectivity index (χ1) is 9.22. The highest BCUT2D eigenvalue weighted by Gasteiger charge is 2.25. The van der Waals surface area contributed by atoms with Crippen LogP contribution in [-0.4, -0.2) is 12.6 Å². The molecule has 0 aliphatic heterocycles. The Morgan fingerprint density at radius 3 is 2.79 bits per heavy atom. The zero-order valence-corrected chi connectivity index (χ0v) is 13.2. The molecule has 1 saturated carbocycles. The summed E-state index contributed by atoms with van der Waals surface area (Å²) in [7, 11) is 0. The Morgan fingerprint density at radius 1 is 1.37 bits per heavy atom. The van der Waals surface area contributed by atoms with Gasteiger partial charge in [0, 0.05) is 6.04 Å². The van der Waals surface area contributed by atoms with Gasteiger partial charge in [-0.3, -0.25) is 0 Å². The summed E-state index contributed by atoms with van der Waals surface area (Å²) >= 11 is 3.38. The molecular formula is C16H23BrFN. The summed E-state index contributed by atoms with van der Waals surface area (Å²) in [4.78, 5) is 0. The molecule has 19 heavy (non-hydrogen) atoms. The van der Waals surface area contributed by atoms with Crippen LogP contribution in [0.25, 0.3) is 0 Å². The lowest BCUT2D eigenvalue weighted by atomic mass is 9.92. The molecule has 0 bridgehead atoms. The van der Waals surface area contributed by atoms with E-state index in [1.54, 1.807) is 6.07 Å². The van der Waals surface area contributed by atoms with Gasteiger partial charge in [0.15, 0.2) is 0 Å². The summed E-state index contributed by atoms with van der Waals surface area (Å²) in [6.45, 7) is 3.24. The quantitative estimate of drug-likeness (QED) is 0.799. The summed E-state index contributed by atoms with van der Waals surface area (Å²) < 4.78 is 14.2. The minimum Gasteiger partial charge on any atom is -0.313 e. The molecule has 0 heterocycles. The summed E-state index contributed by atoms with van der Waals surface area (Å²) in [5.41, 5.74) is 1.08. The highest BCUT2D eigenvalue weighted by atomic mass is 79.9. The fourth-order valence-electron chi connectivity index (χ4n) is 3.04. The average Bonchev–Trinajstić information content (AvgIpc) is 2.93. The zero-order chi connectivity index (χ0) is 13.7. The van der Waals surface area contributed by atoms with Gasteiger partial charge in [-0.05, 0) is 65.7 Å². The van der Waals surface area contributed by atoms with Crippen molar-refractivity contribution in [1.29, 1.82) is 0 Å². The molecule has 1 unspecified atom stereocenters. The lowest BCUT2D eigenvalue weighted by Gasteiger charge is -2.25. The van der Waals surface area contributed by atoms with E-state index in [4.69, 9.17) is 0 Å². The molecule has 2 rings (SSSR count). The van der Waals surface area contributed by atoms with Gasteiger partial charge in [-0.15, -0.1) is 0 Å². The Kier molecular flexibility index (Phi) is 5.83. The lowest BCUT2D eigenvalue weighted by Crippen LogP contribution is -2.37. The third-order valence-corrected chi connectivity index (χ3v) is 4.98. The second-order valence-electron chi connectivity index (χ2n) is 5.52. The van der Waals surface area contributed by atoms with E-state index in [-0.39, 0.29) is 5.82 Å². The number of rotatable bonds is 6. The predicted octanol–water partition coefficient (Wildman–Crippen LogP) is 4.69. The molecule has 3 heteroatoms.